The molecule has 2 unspecified atom stereocenters. The first-order chi connectivity index (χ1) is 12.5. The van der Waals surface area contributed by atoms with E-state index in [0.29, 0.717) is 19.3 Å². The fourth-order valence-corrected chi connectivity index (χ4v) is 3.68. The lowest BCUT2D eigenvalue weighted by molar-refractivity contribution is -0.131. The van der Waals surface area contributed by atoms with Crippen LogP contribution in [0.3, 0.4) is 0 Å². The van der Waals surface area contributed by atoms with E-state index in [0.717, 1.165) is 0 Å². The van der Waals surface area contributed by atoms with E-state index in [1.165, 1.54) is 22.3 Å². The van der Waals surface area contributed by atoms with Gasteiger partial charge in [0.1, 0.15) is 5.78 Å². The summed E-state index contributed by atoms with van der Waals surface area (Å²) in [5.41, 5.74) is 3.83. The molecule has 27 heavy (non-hydrogen) atoms. The highest BCUT2D eigenvalue weighted by Crippen LogP contribution is 2.36. The maximum Gasteiger partial charge on any atom is 0.139 e. The van der Waals surface area contributed by atoms with Gasteiger partial charge in [0, 0.05) is 17.3 Å². The van der Waals surface area contributed by atoms with Crippen LogP contribution < -0.4 is 0 Å². The molecule has 0 aliphatic rings. The van der Waals surface area contributed by atoms with Gasteiger partial charge in [-0.2, -0.15) is 0 Å². The molecule has 0 aromatic heterocycles. The number of hydrogen-bond donors (Lipinski definition) is 1. The summed E-state index contributed by atoms with van der Waals surface area (Å²) in [5.74, 6) is 0.208. The molecule has 2 heteroatoms. The number of aliphatic hydroxyl groups excluding tert-OH is 1. The zero-order valence-corrected chi connectivity index (χ0v) is 17.7. The predicted molar refractivity (Wildman–Crippen MR) is 113 cm³/mol. The fourth-order valence-electron chi connectivity index (χ4n) is 3.68. The molecule has 0 spiro atoms. The van der Waals surface area contributed by atoms with E-state index in [1.54, 1.807) is 6.92 Å². The van der Waals surface area contributed by atoms with Gasteiger partial charge in [-0.1, -0.05) is 80.4 Å². The lowest BCUT2D eigenvalue weighted by atomic mass is 9.69. The van der Waals surface area contributed by atoms with Crippen molar-refractivity contribution in [1.29, 1.82) is 0 Å². The average Bonchev–Trinajstić information content (AvgIpc) is 2.54. The molecule has 2 aromatic rings. The number of carbonyl (C=O) groups excluding carboxylic acids is 1. The highest BCUT2D eigenvalue weighted by Gasteiger charge is 2.38. The smallest absolute Gasteiger partial charge is 0.139 e. The molecule has 0 amide bonds. The van der Waals surface area contributed by atoms with E-state index in [4.69, 9.17) is 0 Å². The topological polar surface area (TPSA) is 37.3 Å². The van der Waals surface area contributed by atoms with Gasteiger partial charge in [-0.3, -0.25) is 4.79 Å². The van der Waals surface area contributed by atoms with Crippen molar-refractivity contribution in [2.24, 2.45) is 10.8 Å². The molecule has 0 saturated carbocycles. The largest absolute Gasteiger partial charge is 0.393 e. The molecule has 0 fully saturated rings. The molecular formula is C25H34O2. The summed E-state index contributed by atoms with van der Waals surface area (Å²) in [7, 11) is 0. The van der Waals surface area contributed by atoms with Crippen LogP contribution in [0.25, 0.3) is 0 Å². The molecule has 0 aliphatic heterocycles. The van der Waals surface area contributed by atoms with Crippen LogP contribution in [0.1, 0.15) is 56.4 Å². The number of benzene rings is 2. The molecule has 2 nitrogen and oxygen atoms in total. The Kier molecular flexibility index (Phi) is 6.64. The summed E-state index contributed by atoms with van der Waals surface area (Å²) in [6, 6.07) is 16.7. The molecule has 2 atom stereocenters. The van der Waals surface area contributed by atoms with Crippen LogP contribution in [0.4, 0.5) is 0 Å². The Bertz CT molecular complexity index is 788. The van der Waals surface area contributed by atoms with Gasteiger partial charge in [0.05, 0.1) is 6.10 Å². The zero-order valence-electron chi connectivity index (χ0n) is 17.7. The van der Waals surface area contributed by atoms with Gasteiger partial charge in [0.2, 0.25) is 0 Å². The van der Waals surface area contributed by atoms with Crippen LogP contribution in [-0.2, 0) is 17.6 Å². The van der Waals surface area contributed by atoms with Gasteiger partial charge >= 0.3 is 0 Å². The Morgan fingerprint density at radius 2 is 1.41 bits per heavy atom. The third kappa shape index (κ3) is 5.77. The first-order valence-corrected chi connectivity index (χ1v) is 9.84. The third-order valence-electron chi connectivity index (χ3n) is 5.75. The number of ketones is 1. The van der Waals surface area contributed by atoms with Crippen molar-refractivity contribution < 1.29 is 9.90 Å². The molecule has 146 valence electrons. The Morgan fingerprint density at radius 3 is 1.85 bits per heavy atom. The lowest BCUT2D eigenvalue weighted by Crippen LogP contribution is -2.39. The van der Waals surface area contributed by atoms with Gasteiger partial charge in [0.15, 0.2) is 0 Å². The third-order valence-corrected chi connectivity index (χ3v) is 5.75. The minimum Gasteiger partial charge on any atom is -0.393 e. The standard InChI is InChI=1S/C25H34O2/c1-18-9-7-11-21(13-18)15-24(4,5)23(27)17-25(6,20(3)26)16-22-12-8-10-19(2)14-22/h7-14,20,26H,15-17H2,1-6H3. The van der Waals surface area contributed by atoms with Gasteiger partial charge in [-0.15, -0.1) is 0 Å². The molecule has 0 aliphatic carbocycles. The summed E-state index contributed by atoms with van der Waals surface area (Å²) >= 11 is 0. The molecular weight excluding hydrogens is 332 g/mol. The van der Waals surface area contributed by atoms with Gasteiger partial charge in [0.25, 0.3) is 0 Å². The van der Waals surface area contributed by atoms with Crippen molar-refractivity contribution in [3.63, 3.8) is 0 Å². The van der Waals surface area contributed by atoms with E-state index < -0.39 is 16.9 Å². The fraction of sp³-hybridized carbons (Fsp3) is 0.480. The van der Waals surface area contributed by atoms with Crippen molar-refractivity contribution in [2.45, 2.75) is 66.9 Å². The normalized spacial score (nSPS) is 15.2. The van der Waals surface area contributed by atoms with Crippen LogP contribution in [0.2, 0.25) is 0 Å². The Balaban J connectivity index is 2.17. The average molecular weight is 367 g/mol. The Hall–Kier alpha value is -1.93. The van der Waals surface area contributed by atoms with Crippen molar-refractivity contribution in [3.8, 4) is 0 Å². The quantitative estimate of drug-likeness (QED) is 0.673. The summed E-state index contributed by atoms with van der Waals surface area (Å²) in [6.07, 6.45) is 1.22. The van der Waals surface area contributed by atoms with Gasteiger partial charge in [-0.25, -0.2) is 0 Å². The van der Waals surface area contributed by atoms with Crippen molar-refractivity contribution in [1.82, 2.24) is 0 Å². The van der Waals surface area contributed by atoms with Crippen molar-refractivity contribution in [2.75, 3.05) is 0 Å². The SMILES string of the molecule is Cc1cccc(CC(C)(C)C(=O)CC(C)(Cc2cccc(C)c2)C(C)O)c1. The molecule has 0 heterocycles. The molecule has 0 radical (unpaired) electrons. The van der Waals surface area contributed by atoms with Crippen LogP contribution in [0.15, 0.2) is 48.5 Å². The number of hydrogen-bond acceptors (Lipinski definition) is 2. The van der Waals surface area contributed by atoms with E-state index in [9.17, 15) is 9.90 Å². The summed E-state index contributed by atoms with van der Waals surface area (Å²) in [4.78, 5) is 13.2. The number of Topliss-reactive ketones (excluding diaryl/α,β-unsaturated/α-hetero) is 1. The second-order valence-corrected chi connectivity index (χ2v) is 9.15. The van der Waals surface area contributed by atoms with Crippen LogP contribution >= 0.6 is 0 Å². The van der Waals surface area contributed by atoms with E-state index >= 15 is 0 Å². The Labute approximate surface area is 164 Å². The van der Waals surface area contributed by atoms with Crippen molar-refractivity contribution in [3.05, 3.63) is 70.8 Å². The maximum absolute atomic E-state index is 13.2. The predicted octanol–water partition coefficient (Wildman–Crippen LogP) is 5.46. The van der Waals surface area contributed by atoms with Crippen molar-refractivity contribution >= 4 is 5.78 Å². The number of carbonyl (C=O) groups is 1. The van der Waals surface area contributed by atoms with Crippen LogP contribution in [0, 0.1) is 24.7 Å². The zero-order chi connectivity index (χ0) is 20.2. The van der Waals surface area contributed by atoms with E-state index in [1.807, 2.05) is 32.9 Å². The van der Waals surface area contributed by atoms with E-state index in [-0.39, 0.29) is 5.78 Å². The molecule has 0 saturated heterocycles. The summed E-state index contributed by atoms with van der Waals surface area (Å²) < 4.78 is 0. The molecule has 1 N–H and O–H groups in total. The first kappa shape index (κ1) is 21.4. The molecule has 0 bridgehead atoms. The summed E-state index contributed by atoms with van der Waals surface area (Å²) in [6.45, 7) is 12.0. The second-order valence-electron chi connectivity index (χ2n) is 9.15. The minimum atomic E-state index is -0.559. The van der Waals surface area contributed by atoms with Gasteiger partial charge < -0.3 is 5.11 Å². The lowest BCUT2D eigenvalue weighted by Gasteiger charge is -2.35. The minimum absolute atomic E-state index is 0.208. The van der Waals surface area contributed by atoms with Crippen LogP contribution in [0.5, 0.6) is 0 Å². The monoisotopic (exact) mass is 366 g/mol. The van der Waals surface area contributed by atoms with Gasteiger partial charge in [-0.05, 0) is 44.7 Å². The first-order valence-electron chi connectivity index (χ1n) is 9.84. The highest BCUT2D eigenvalue weighted by atomic mass is 16.3. The second kappa shape index (κ2) is 8.39. The maximum atomic E-state index is 13.2. The number of rotatable bonds is 8. The Morgan fingerprint density at radius 1 is 0.926 bits per heavy atom. The molecule has 2 aromatic carbocycles. The summed E-state index contributed by atoms with van der Waals surface area (Å²) in [5, 5.41) is 10.5. The number of aliphatic hydroxyl groups is 1. The van der Waals surface area contributed by atoms with Crippen LogP contribution in [-0.4, -0.2) is 17.0 Å². The number of aryl methyl sites for hydroxylation is 2. The highest BCUT2D eigenvalue weighted by molar-refractivity contribution is 5.85. The van der Waals surface area contributed by atoms with E-state index in [2.05, 4.69) is 50.2 Å². The molecule has 2 rings (SSSR count).